The van der Waals surface area contributed by atoms with Gasteiger partial charge in [-0.05, 0) is 42.3 Å². The number of carbonyl (C=O) groups excluding carboxylic acids is 1. The molecule has 1 fully saturated rings. The fraction of sp³-hybridized carbons (Fsp3) is 0.217. The molecule has 0 aliphatic carbocycles. The first-order valence-electron chi connectivity index (χ1n) is 9.59. The lowest BCUT2D eigenvalue weighted by molar-refractivity contribution is 0.208. The quantitative estimate of drug-likeness (QED) is 0.741. The minimum Gasteiger partial charge on any atom is -0.353 e. The first-order valence-corrected chi connectivity index (χ1v) is 9.59. The molecule has 5 heteroatoms. The Labute approximate surface area is 165 Å². The summed E-state index contributed by atoms with van der Waals surface area (Å²) in [6, 6.07) is 24.2. The number of pyridine rings is 1. The standard InChI is InChI=1S/C23H24N4O/c1-18-6-5-9-22(24-18)26-14-16-27(17-15-26)23(28)25-21-12-10-20(11-13-21)19-7-3-2-4-8-19/h2-13H,14-17H2,1H3,(H,25,28). The van der Waals surface area contributed by atoms with Crippen LogP contribution in [0.3, 0.4) is 0 Å². The maximum absolute atomic E-state index is 12.6. The Balaban J connectivity index is 1.33. The number of rotatable bonds is 3. The molecule has 1 aromatic heterocycles. The van der Waals surface area contributed by atoms with Crippen molar-refractivity contribution >= 4 is 17.5 Å². The van der Waals surface area contributed by atoms with Crippen LogP contribution in [0.5, 0.6) is 0 Å². The smallest absolute Gasteiger partial charge is 0.321 e. The Kier molecular flexibility index (Phi) is 5.24. The Morgan fingerprint density at radius 2 is 1.50 bits per heavy atom. The van der Waals surface area contributed by atoms with Crippen LogP contribution in [0.1, 0.15) is 5.69 Å². The number of piperazine rings is 1. The van der Waals surface area contributed by atoms with Gasteiger partial charge in [0.25, 0.3) is 0 Å². The Bertz CT molecular complexity index is 932. The summed E-state index contributed by atoms with van der Waals surface area (Å²) in [5.74, 6) is 0.983. The van der Waals surface area contributed by atoms with Crippen molar-refractivity contribution in [1.82, 2.24) is 9.88 Å². The number of anilines is 2. The molecule has 1 aliphatic heterocycles. The molecule has 0 unspecified atom stereocenters. The van der Waals surface area contributed by atoms with Crippen molar-refractivity contribution in [2.24, 2.45) is 0 Å². The molecule has 4 rings (SSSR count). The van der Waals surface area contributed by atoms with E-state index in [0.717, 1.165) is 35.9 Å². The third kappa shape index (κ3) is 4.14. The second kappa shape index (κ2) is 8.13. The largest absolute Gasteiger partial charge is 0.353 e. The molecular weight excluding hydrogens is 348 g/mol. The van der Waals surface area contributed by atoms with E-state index in [1.54, 1.807) is 0 Å². The molecule has 2 heterocycles. The van der Waals surface area contributed by atoms with E-state index in [2.05, 4.69) is 27.3 Å². The van der Waals surface area contributed by atoms with Gasteiger partial charge in [-0.3, -0.25) is 0 Å². The van der Waals surface area contributed by atoms with E-state index in [0.29, 0.717) is 13.1 Å². The van der Waals surface area contributed by atoms with Gasteiger partial charge in [0, 0.05) is 37.6 Å². The van der Waals surface area contributed by atoms with E-state index in [-0.39, 0.29) is 6.03 Å². The number of amides is 2. The molecule has 0 radical (unpaired) electrons. The third-order valence-corrected chi connectivity index (χ3v) is 5.01. The van der Waals surface area contributed by atoms with Crippen molar-refractivity contribution in [1.29, 1.82) is 0 Å². The van der Waals surface area contributed by atoms with Gasteiger partial charge in [0.1, 0.15) is 5.82 Å². The van der Waals surface area contributed by atoms with E-state index < -0.39 is 0 Å². The summed E-state index contributed by atoms with van der Waals surface area (Å²) >= 11 is 0. The first kappa shape index (κ1) is 18.0. The van der Waals surface area contributed by atoms with Gasteiger partial charge in [0.15, 0.2) is 0 Å². The second-order valence-corrected chi connectivity index (χ2v) is 6.98. The van der Waals surface area contributed by atoms with Crippen molar-refractivity contribution in [3.8, 4) is 11.1 Å². The van der Waals surface area contributed by atoms with E-state index in [1.807, 2.05) is 72.5 Å². The van der Waals surface area contributed by atoms with E-state index in [4.69, 9.17) is 0 Å². The average Bonchev–Trinajstić information content (AvgIpc) is 2.75. The molecule has 28 heavy (non-hydrogen) atoms. The predicted molar refractivity (Wildman–Crippen MR) is 114 cm³/mol. The van der Waals surface area contributed by atoms with Gasteiger partial charge >= 0.3 is 6.03 Å². The molecule has 1 N–H and O–H groups in total. The number of benzene rings is 2. The molecule has 1 saturated heterocycles. The number of carbonyl (C=O) groups is 1. The lowest BCUT2D eigenvalue weighted by atomic mass is 10.1. The van der Waals surface area contributed by atoms with Crippen LogP contribution in [0.25, 0.3) is 11.1 Å². The van der Waals surface area contributed by atoms with Gasteiger partial charge in [-0.2, -0.15) is 0 Å². The summed E-state index contributed by atoms with van der Waals surface area (Å²) in [7, 11) is 0. The predicted octanol–water partition coefficient (Wildman–Crippen LogP) is 4.41. The third-order valence-electron chi connectivity index (χ3n) is 5.01. The topological polar surface area (TPSA) is 48.5 Å². The van der Waals surface area contributed by atoms with E-state index in [9.17, 15) is 4.79 Å². The molecule has 142 valence electrons. The highest BCUT2D eigenvalue weighted by molar-refractivity contribution is 5.89. The van der Waals surface area contributed by atoms with E-state index in [1.165, 1.54) is 5.56 Å². The maximum Gasteiger partial charge on any atom is 0.321 e. The number of hydrogen-bond acceptors (Lipinski definition) is 3. The average molecular weight is 372 g/mol. The Hall–Kier alpha value is -3.34. The Morgan fingerprint density at radius 3 is 2.18 bits per heavy atom. The highest BCUT2D eigenvalue weighted by Crippen LogP contribution is 2.21. The number of aryl methyl sites for hydroxylation is 1. The zero-order chi connectivity index (χ0) is 19.3. The van der Waals surface area contributed by atoms with Crippen LogP contribution in [0, 0.1) is 6.92 Å². The molecule has 2 amide bonds. The monoisotopic (exact) mass is 372 g/mol. The zero-order valence-corrected chi connectivity index (χ0v) is 16.0. The van der Waals surface area contributed by atoms with Crippen LogP contribution in [0.15, 0.2) is 72.8 Å². The summed E-state index contributed by atoms with van der Waals surface area (Å²) in [6.07, 6.45) is 0. The van der Waals surface area contributed by atoms with Gasteiger partial charge in [0.2, 0.25) is 0 Å². The van der Waals surface area contributed by atoms with Crippen LogP contribution in [-0.4, -0.2) is 42.1 Å². The molecule has 0 bridgehead atoms. The fourth-order valence-electron chi connectivity index (χ4n) is 3.42. The molecular formula is C23H24N4O. The number of aromatic nitrogens is 1. The molecule has 2 aromatic carbocycles. The first-order chi connectivity index (χ1) is 13.7. The van der Waals surface area contributed by atoms with Gasteiger partial charge in [-0.15, -0.1) is 0 Å². The molecule has 5 nitrogen and oxygen atoms in total. The molecule has 0 spiro atoms. The van der Waals surface area contributed by atoms with Gasteiger partial charge < -0.3 is 15.1 Å². The van der Waals surface area contributed by atoms with Crippen LogP contribution in [0.4, 0.5) is 16.3 Å². The summed E-state index contributed by atoms with van der Waals surface area (Å²) in [5, 5.41) is 3.01. The summed E-state index contributed by atoms with van der Waals surface area (Å²) in [4.78, 5) is 21.3. The number of hydrogen-bond donors (Lipinski definition) is 1. The second-order valence-electron chi connectivity index (χ2n) is 6.98. The van der Waals surface area contributed by atoms with Gasteiger partial charge in [-0.1, -0.05) is 48.5 Å². The van der Waals surface area contributed by atoms with Crippen LogP contribution in [-0.2, 0) is 0 Å². The maximum atomic E-state index is 12.6. The minimum absolute atomic E-state index is 0.0516. The number of nitrogens with zero attached hydrogens (tertiary/aromatic N) is 3. The normalized spacial score (nSPS) is 14.0. The van der Waals surface area contributed by atoms with Crippen molar-refractivity contribution in [2.45, 2.75) is 6.92 Å². The van der Waals surface area contributed by atoms with Gasteiger partial charge in [0.05, 0.1) is 0 Å². The lowest BCUT2D eigenvalue weighted by Gasteiger charge is -2.35. The molecule has 0 atom stereocenters. The minimum atomic E-state index is -0.0516. The molecule has 3 aromatic rings. The highest BCUT2D eigenvalue weighted by Gasteiger charge is 2.22. The fourth-order valence-corrected chi connectivity index (χ4v) is 3.42. The zero-order valence-electron chi connectivity index (χ0n) is 16.0. The highest BCUT2D eigenvalue weighted by atomic mass is 16.2. The lowest BCUT2D eigenvalue weighted by Crippen LogP contribution is -2.50. The summed E-state index contributed by atoms with van der Waals surface area (Å²) in [5.41, 5.74) is 4.13. The SMILES string of the molecule is Cc1cccc(N2CCN(C(=O)Nc3ccc(-c4ccccc4)cc3)CC2)n1. The van der Waals surface area contributed by atoms with Crippen LogP contribution in [0.2, 0.25) is 0 Å². The number of nitrogens with one attached hydrogen (secondary N) is 1. The Morgan fingerprint density at radius 1 is 0.821 bits per heavy atom. The van der Waals surface area contributed by atoms with Crippen molar-refractivity contribution in [3.05, 3.63) is 78.5 Å². The van der Waals surface area contributed by atoms with E-state index >= 15 is 0 Å². The van der Waals surface area contributed by atoms with Crippen molar-refractivity contribution in [2.75, 3.05) is 36.4 Å². The van der Waals surface area contributed by atoms with Crippen LogP contribution >= 0.6 is 0 Å². The summed E-state index contributed by atoms with van der Waals surface area (Å²) in [6.45, 7) is 4.94. The van der Waals surface area contributed by atoms with Crippen molar-refractivity contribution in [3.63, 3.8) is 0 Å². The molecule has 1 aliphatic rings. The van der Waals surface area contributed by atoms with Crippen LogP contribution < -0.4 is 10.2 Å². The summed E-state index contributed by atoms with van der Waals surface area (Å²) < 4.78 is 0. The van der Waals surface area contributed by atoms with Gasteiger partial charge in [-0.25, -0.2) is 9.78 Å². The molecule has 0 saturated carbocycles. The number of urea groups is 1. The van der Waals surface area contributed by atoms with Crippen molar-refractivity contribution < 1.29 is 4.79 Å².